The molecule has 1 aliphatic carbocycles. The molecule has 38 heavy (non-hydrogen) atoms. The van der Waals surface area contributed by atoms with Gasteiger partial charge < -0.3 is 20.7 Å². The first-order chi connectivity index (χ1) is 18.3. The van der Waals surface area contributed by atoms with Crippen LogP contribution < -0.4 is 20.9 Å². The maximum Gasteiger partial charge on any atom is 0.339 e. The van der Waals surface area contributed by atoms with Gasteiger partial charge in [-0.25, -0.2) is 4.79 Å². The summed E-state index contributed by atoms with van der Waals surface area (Å²) in [7, 11) is 0. The van der Waals surface area contributed by atoms with E-state index in [0.29, 0.717) is 45.5 Å². The molecule has 1 unspecified atom stereocenters. The van der Waals surface area contributed by atoms with Gasteiger partial charge in [-0.05, 0) is 76.1 Å². The Kier molecular flexibility index (Phi) is 6.81. The summed E-state index contributed by atoms with van der Waals surface area (Å²) in [6.45, 7) is 7.72. The van der Waals surface area contributed by atoms with Gasteiger partial charge >= 0.3 is 5.97 Å². The summed E-state index contributed by atoms with van der Waals surface area (Å²) in [5.41, 5.74) is 8.89. The average Bonchev–Trinajstić information content (AvgIpc) is 3.17. The average molecular weight is 579 g/mol. The van der Waals surface area contributed by atoms with Crippen LogP contribution in [0.5, 0.6) is 0 Å². The highest BCUT2D eigenvalue weighted by Crippen LogP contribution is 2.56. The number of nitrogens with two attached hydrogens (primary N) is 1. The number of carbonyl (C=O) groups excluding carboxylic acids is 3. The molecule has 8 nitrogen and oxygen atoms in total. The maximum absolute atomic E-state index is 14.0. The van der Waals surface area contributed by atoms with Crippen LogP contribution in [-0.4, -0.2) is 37.4 Å². The zero-order chi connectivity index (χ0) is 27.2. The van der Waals surface area contributed by atoms with Crippen LogP contribution in [0.3, 0.4) is 0 Å². The summed E-state index contributed by atoms with van der Waals surface area (Å²) in [5, 5.41) is 2.91. The second-order valence-electron chi connectivity index (χ2n) is 9.50. The predicted octanol–water partition coefficient (Wildman–Crippen LogP) is 4.75. The summed E-state index contributed by atoms with van der Waals surface area (Å²) < 4.78 is 6.19. The first-order valence-corrected chi connectivity index (χ1v) is 13.8. The van der Waals surface area contributed by atoms with E-state index >= 15 is 0 Å². The van der Waals surface area contributed by atoms with Crippen molar-refractivity contribution in [2.75, 3.05) is 34.8 Å². The van der Waals surface area contributed by atoms with Gasteiger partial charge in [0, 0.05) is 57.9 Å². The summed E-state index contributed by atoms with van der Waals surface area (Å²) in [4.78, 5) is 45.4. The minimum absolute atomic E-state index is 0.0319. The Morgan fingerprint density at radius 3 is 2.47 bits per heavy atom. The van der Waals surface area contributed by atoms with Gasteiger partial charge in [-0.3, -0.25) is 14.5 Å². The molecule has 3 N–H and O–H groups in total. The van der Waals surface area contributed by atoms with E-state index in [4.69, 9.17) is 10.5 Å². The fourth-order valence-electron chi connectivity index (χ4n) is 5.98. The SMILES string of the molecule is CCOC(=O)C1=C(N)N(c2ccc(N(CC)CC)cc2)C2=C(C(=O)CCC2)C12C(=O)Nc1ccc(Br)cc12. The lowest BCUT2D eigenvalue weighted by Gasteiger charge is -2.44. The third-order valence-corrected chi connectivity index (χ3v) is 8.09. The van der Waals surface area contributed by atoms with Crippen molar-refractivity contribution in [2.24, 2.45) is 5.73 Å². The molecular weight excluding hydrogens is 548 g/mol. The number of anilines is 3. The Balaban J connectivity index is 1.81. The quantitative estimate of drug-likeness (QED) is 0.477. The number of Topliss-reactive ketones (excluding diaryl/α,β-unsaturated/α-hetero) is 1. The lowest BCUT2D eigenvalue weighted by Crippen LogP contribution is -2.53. The van der Waals surface area contributed by atoms with Crippen molar-refractivity contribution in [2.45, 2.75) is 45.4 Å². The molecule has 198 valence electrons. The molecule has 0 bridgehead atoms. The highest BCUT2D eigenvalue weighted by Gasteiger charge is 2.62. The number of halogens is 1. The summed E-state index contributed by atoms with van der Waals surface area (Å²) in [6.07, 6.45) is 1.44. The van der Waals surface area contributed by atoms with Gasteiger partial charge in [0.2, 0.25) is 5.91 Å². The number of nitrogens with one attached hydrogen (secondary N) is 1. The molecule has 2 aromatic rings. The molecule has 2 aliphatic heterocycles. The number of rotatable bonds is 6. The molecule has 5 rings (SSSR count). The van der Waals surface area contributed by atoms with Gasteiger partial charge in [0.1, 0.15) is 16.8 Å². The summed E-state index contributed by atoms with van der Waals surface area (Å²) >= 11 is 3.50. The van der Waals surface area contributed by atoms with Gasteiger partial charge in [0.05, 0.1) is 6.61 Å². The molecule has 2 aromatic carbocycles. The van der Waals surface area contributed by atoms with E-state index in [0.717, 1.165) is 18.8 Å². The number of nitrogens with zero attached hydrogens (tertiary/aromatic N) is 2. The van der Waals surface area contributed by atoms with Gasteiger partial charge in [-0.1, -0.05) is 15.9 Å². The lowest BCUT2D eigenvalue weighted by atomic mass is 9.63. The molecule has 0 saturated carbocycles. The smallest absolute Gasteiger partial charge is 0.339 e. The van der Waals surface area contributed by atoms with Crippen LogP contribution in [0.15, 0.2) is 69.6 Å². The van der Waals surface area contributed by atoms with E-state index in [1.54, 1.807) is 30.0 Å². The Bertz CT molecular complexity index is 1390. The number of carbonyl (C=O) groups is 3. The zero-order valence-corrected chi connectivity index (χ0v) is 23.4. The maximum atomic E-state index is 14.0. The molecule has 0 aromatic heterocycles. The minimum Gasteiger partial charge on any atom is -0.462 e. The Labute approximate surface area is 230 Å². The molecule has 0 radical (unpaired) electrons. The molecule has 1 amide bonds. The lowest BCUT2D eigenvalue weighted by molar-refractivity contribution is -0.140. The van der Waals surface area contributed by atoms with E-state index in [1.807, 2.05) is 24.3 Å². The van der Waals surface area contributed by atoms with Crippen LogP contribution in [0, 0.1) is 0 Å². The van der Waals surface area contributed by atoms with Crippen molar-refractivity contribution in [1.82, 2.24) is 0 Å². The largest absolute Gasteiger partial charge is 0.462 e. The number of fused-ring (bicyclic) bond motifs is 3. The van der Waals surface area contributed by atoms with Crippen LogP contribution >= 0.6 is 15.9 Å². The van der Waals surface area contributed by atoms with Crippen molar-refractivity contribution in [3.63, 3.8) is 0 Å². The summed E-state index contributed by atoms with van der Waals surface area (Å²) in [6, 6.07) is 13.2. The van der Waals surface area contributed by atoms with E-state index in [9.17, 15) is 14.4 Å². The third-order valence-electron chi connectivity index (χ3n) is 7.59. The first kappa shape index (κ1) is 26.0. The number of ether oxygens (including phenoxy) is 1. The number of amides is 1. The number of esters is 1. The van der Waals surface area contributed by atoms with Crippen molar-refractivity contribution >= 4 is 50.7 Å². The first-order valence-electron chi connectivity index (χ1n) is 13.0. The monoisotopic (exact) mass is 578 g/mol. The fraction of sp³-hybridized carbons (Fsp3) is 0.345. The zero-order valence-electron chi connectivity index (χ0n) is 21.8. The van der Waals surface area contributed by atoms with Crippen LogP contribution in [0.2, 0.25) is 0 Å². The number of ketones is 1. The Morgan fingerprint density at radius 1 is 1.11 bits per heavy atom. The van der Waals surface area contributed by atoms with Crippen molar-refractivity contribution < 1.29 is 19.1 Å². The van der Waals surface area contributed by atoms with Crippen LogP contribution in [0.25, 0.3) is 0 Å². The van der Waals surface area contributed by atoms with Crippen molar-refractivity contribution in [1.29, 1.82) is 0 Å². The molecule has 9 heteroatoms. The molecule has 2 heterocycles. The fourth-order valence-corrected chi connectivity index (χ4v) is 6.34. The van der Waals surface area contributed by atoms with Gasteiger partial charge in [-0.15, -0.1) is 0 Å². The Morgan fingerprint density at radius 2 is 1.82 bits per heavy atom. The Hall–Kier alpha value is -3.59. The highest BCUT2D eigenvalue weighted by atomic mass is 79.9. The van der Waals surface area contributed by atoms with E-state index in [2.05, 4.69) is 40.0 Å². The van der Waals surface area contributed by atoms with Crippen LogP contribution in [-0.2, 0) is 24.5 Å². The van der Waals surface area contributed by atoms with Gasteiger partial charge in [-0.2, -0.15) is 0 Å². The molecular formula is C29H31BrN4O4. The van der Waals surface area contributed by atoms with Crippen LogP contribution in [0.1, 0.15) is 45.6 Å². The number of allylic oxidation sites excluding steroid dienone is 1. The molecule has 1 spiro atoms. The second kappa shape index (κ2) is 9.94. The van der Waals surface area contributed by atoms with E-state index in [-0.39, 0.29) is 30.2 Å². The van der Waals surface area contributed by atoms with Crippen molar-refractivity contribution in [3.8, 4) is 0 Å². The van der Waals surface area contributed by atoms with E-state index in [1.165, 1.54) is 0 Å². The van der Waals surface area contributed by atoms with Crippen LogP contribution in [0.4, 0.5) is 17.1 Å². The topological polar surface area (TPSA) is 105 Å². The number of hydrogen-bond donors (Lipinski definition) is 2. The van der Waals surface area contributed by atoms with Gasteiger partial charge in [0.25, 0.3) is 0 Å². The number of hydrogen-bond acceptors (Lipinski definition) is 7. The third kappa shape index (κ3) is 3.74. The van der Waals surface area contributed by atoms with E-state index < -0.39 is 17.3 Å². The van der Waals surface area contributed by atoms with Crippen molar-refractivity contribution in [3.05, 3.63) is 75.2 Å². The summed E-state index contributed by atoms with van der Waals surface area (Å²) in [5.74, 6) is -1.28. The van der Waals surface area contributed by atoms with Gasteiger partial charge in [0.15, 0.2) is 5.78 Å². The number of benzene rings is 2. The standard InChI is InChI=1S/C29H31BrN4O4/c1-4-33(5-2)18-11-13-19(14-12-18)34-22-8-7-9-23(35)24(22)29(25(26(34)31)27(36)38-6-3)20-16-17(30)10-15-21(20)32-28(29)37/h10-16H,4-9,31H2,1-3H3,(H,32,37). The molecule has 1 atom stereocenters. The molecule has 3 aliphatic rings. The normalized spacial score (nSPS) is 20.5. The molecule has 0 fully saturated rings. The predicted molar refractivity (Wildman–Crippen MR) is 151 cm³/mol. The second-order valence-corrected chi connectivity index (χ2v) is 10.4. The minimum atomic E-state index is -1.69. The molecule has 0 saturated heterocycles. The highest BCUT2D eigenvalue weighted by molar-refractivity contribution is 9.10.